The molecule has 3 nitrogen and oxygen atoms in total. The van der Waals surface area contributed by atoms with Gasteiger partial charge in [-0.3, -0.25) is 0 Å². The quantitative estimate of drug-likeness (QED) is 0.632. The van der Waals surface area contributed by atoms with Gasteiger partial charge in [-0.2, -0.15) is 5.26 Å². The Labute approximate surface area is 103 Å². The molecule has 0 atom stereocenters. The predicted molar refractivity (Wildman–Crippen MR) is 64.5 cm³/mol. The molecule has 0 aromatic heterocycles. The number of nitriles is 1. The topological polar surface area (TPSA) is 50.1 Å². The Morgan fingerprint density at radius 1 is 1.50 bits per heavy atom. The first kappa shape index (κ1) is 12.7. The van der Waals surface area contributed by atoms with Gasteiger partial charge in [-0.25, -0.2) is 4.79 Å². The fourth-order valence-corrected chi connectivity index (χ4v) is 2.04. The molecule has 4 heteroatoms. The summed E-state index contributed by atoms with van der Waals surface area (Å²) < 4.78 is 4.65. The number of nitrogens with zero attached hydrogens (tertiary/aromatic N) is 1. The molecular weight excluding hydrogens is 270 g/mol. The summed E-state index contributed by atoms with van der Waals surface area (Å²) in [6, 6.07) is 5.49. The highest BCUT2D eigenvalue weighted by Gasteiger charge is 2.14. The number of benzene rings is 1. The largest absolute Gasteiger partial charge is 0.465 e. The highest BCUT2D eigenvalue weighted by atomic mass is 79.9. The van der Waals surface area contributed by atoms with E-state index < -0.39 is 5.97 Å². The molecule has 0 saturated carbocycles. The van der Waals surface area contributed by atoms with Crippen LogP contribution in [0.15, 0.2) is 12.1 Å². The molecule has 0 saturated heterocycles. The second-order valence-electron chi connectivity index (χ2n) is 3.26. The van der Waals surface area contributed by atoms with E-state index >= 15 is 0 Å². The third-order valence-corrected chi connectivity index (χ3v) is 2.99. The van der Waals surface area contributed by atoms with E-state index in [0.717, 1.165) is 17.5 Å². The lowest BCUT2D eigenvalue weighted by Gasteiger charge is -2.09. The van der Waals surface area contributed by atoms with E-state index in [1.165, 1.54) is 7.11 Å². The van der Waals surface area contributed by atoms with Gasteiger partial charge in [0.1, 0.15) is 6.07 Å². The number of carbonyl (C=O) groups is 1. The minimum absolute atomic E-state index is 0.330. The van der Waals surface area contributed by atoms with Crippen LogP contribution in [0, 0.1) is 11.3 Å². The number of alkyl halides is 1. The molecule has 0 N–H and O–H groups in total. The normalized spacial score (nSPS) is 9.62. The van der Waals surface area contributed by atoms with Gasteiger partial charge in [-0.05, 0) is 29.7 Å². The Balaban J connectivity index is 3.39. The molecule has 16 heavy (non-hydrogen) atoms. The summed E-state index contributed by atoms with van der Waals surface area (Å²) in [5.74, 6) is -0.471. The van der Waals surface area contributed by atoms with Gasteiger partial charge in [-0.1, -0.05) is 22.9 Å². The van der Waals surface area contributed by atoms with Crippen molar-refractivity contribution in [2.24, 2.45) is 0 Å². The molecule has 1 aromatic rings. The molecule has 84 valence electrons. The van der Waals surface area contributed by atoms with Crippen molar-refractivity contribution in [2.75, 3.05) is 7.11 Å². The van der Waals surface area contributed by atoms with E-state index in [1.54, 1.807) is 12.1 Å². The number of methoxy groups -OCH3 is 1. The maximum absolute atomic E-state index is 11.5. The Morgan fingerprint density at radius 2 is 2.19 bits per heavy atom. The molecule has 0 bridgehead atoms. The number of esters is 1. The summed E-state index contributed by atoms with van der Waals surface area (Å²) in [7, 11) is 1.31. The summed E-state index contributed by atoms with van der Waals surface area (Å²) in [5, 5.41) is 9.64. The molecule has 1 rings (SSSR count). The molecule has 0 amide bonds. The first-order valence-corrected chi connectivity index (χ1v) is 6.00. The predicted octanol–water partition coefficient (Wildman–Crippen LogP) is 2.80. The first-order chi connectivity index (χ1) is 7.67. The smallest absolute Gasteiger partial charge is 0.339 e. The van der Waals surface area contributed by atoms with E-state index in [4.69, 9.17) is 5.26 Å². The third-order valence-electron chi connectivity index (χ3n) is 2.39. The first-order valence-electron chi connectivity index (χ1n) is 4.88. The lowest BCUT2D eigenvalue weighted by atomic mass is 9.98. The number of halogens is 1. The Kier molecular flexibility index (Phi) is 4.51. The molecule has 0 aliphatic rings. The maximum Gasteiger partial charge on any atom is 0.339 e. The number of carbonyl (C=O) groups excluding carboxylic acids is 1. The fraction of sp³-hybridized carbons (Fsp3) is 0.333. The number of rotatable bonds is 3. The summed E-state index contributed by atoms with van der Waals surface area (Å²) in [6.07, 6.45) is 0.830. The zero-order valence-electron chi connectivity index (χ0n) is 9.21. The number of hydrogen-bond donors (Lipinski definition) is 0. The van der Waals surface area contributed by atoms with Crippen LogP contribution in [0.5, 0.6) is 0 Å². The zero-order chi connectivity index (χ0) is 12.1. The second kappa shape index (κ2) is 5.66. The summed E-state index contributed by atoms with van der Waals surface area (Å²) in [6.45, 7) is 2.01. The van der Waals surface area contributed by atoms with Crippen molar-refractivity contribution in [2.45, 2.75) is 18.7 Å². The lowest BCUT2D eigenvalue weighted by Crippen LogP contribution is -2.06. The number of aryl methyl sites for hydroxylation is 1. The van der Waals surface area contributed by atoms with E-state index in [0.29, 0.717) is 16.5 Å². The fourth-order valence-electron chi connectivity index (χ4n) is 1.51. The van der Waals surface area contributed by atoms with Crippen LogP contribution >= 0.6 is 15.9 Å². The number of ether oxygens (including phenoxy) is 1. The molecule has 0 spiro atoms. The molecule has 0 heterocycles. The van der Waals surface area contributed by atoms with Crippen LogP contribution < -0.4 is 0 Å². The van der Waals surface area contributed by atoms with Crippen molar-refractivity contribution >= 4 is 21.9 Å². The highest BCUT2D eigenvalue weighted by Crippen LogP contribution is 2.20. The van der Waals surface area contributed by atoms with Gasteiger partial charge < -0.3 is 4.74 Å². The van der Waals surface area contributed by atoms with Crippen LogP contribution in [0.3, 0.4) is 0 Å². The van der Waals surface area contributed by atoms with Gasteiger partial charge in [0, 0.05) is 5.33 Å². The molecule has 0 aliphatic carbocycles. The monoisotopic (exact) mass is 281 g/mol. The van der Waals surface area contributed by atoms with Crippen LogP contribution in [0.1, 0.15) is 34.0 Å². The van der Waals surface area contributed by atoms with Gasteiger partial charge in [-0.15, -0.1) is 0 Å². The van der Waals surface area contributed by atoms with Gasteiger partial charge in [0.25, 0.3) is 0 Å². The van der Waals surface area contributed by atoms with E-state index in [1.807, 2.05) is 13.0 Å². The van der Waals surface area contributed by atoms with Crippen LogP contribution in [-0.4, -0.2) is 13.1 Å². The third kappa shape index (κ3) is 2.42. The second-order valence-corrected chi connectivity index (χ2v) is 3.82. The molecule has 0 radical (unpaired) electrons. The Hall–Kier alpha value is -1.34. The van der Waals surface area contributed by atoms with Gasteiger partial charge >= 0.3 is 5.97 Å². The molecular formula is C12H12BrNO2. The van der Waals surface area contributed by atoms with E-state index in [-0.39, 0.29) is 0 Å². The van der Waals surface area contributed by atoms with Crippen molar-refractivity contribution in [3.05, 3.63) is 34.4 Å². The summed E-state index contributed by atoms with van der Waals surface area (Å²) in [4.78, 5) is 11.5. The van der Waals surface area contributed by atoms with Crippen molar-refractivity contribution in [3.8, 4) is 6.07 Å². The minimum Gasteiger partial charge on any atom is -0.465 e. The van der Waals surface area contributed by atoms with Crippen LogP contribution in [0.25, 0.3) is 0 Å². The average Bonchev–Trinajstić information content (AvgIpc) is 2.35. The summed E-state index contributed by atoms with van der Waals surface area (Å²) in [5.41, 5.74) is 2.79. The van der Waals surface area contributed by atoms with Gasteiger partial charge in [0.2, 0.25) is 0 Å². The van der Waals surface area contributed by atoms with Crippen molar-refractivity contribution in [1.29, 1.82) is 5.26 Å². The Bertz CT molecular complexity index is 449. The molecule has 1 aromatic carbocycles. The van der Waals surface area contributed by atoms with Crippen LogP contribution in [0.2, 0.25) is 0 Å². The van der Waals surface area contributed by atoms with Crippen molar-refractivity contribution < 1.29 is 9.53 Å². The van der Waals surface area contributed by atoms with Crippen molar-refractivity contribution in [1.82, 2.24) is 0 Å². The molecule has 0 unspecified atom stereocenters. The van der Waals surface area contributed by atoms with E-state index in [2.05, 4.69) is 20.7 Å². The average molecular weight is 282 g/mol. The molecule has 0 fully saturated rings. The Morgan fingerprint density at radius 3 is 2.62 bits per heavy atom. The maximum atomic E-state index is 11.5. The minimum atomic E-state index is -0.471. The highest BCUT2D eigenvalue weighted by molar-refractivity contribution is 9.08. The number of hydrogen-bond acceptors (Lipinski definition) is 3. The van der Waals surface area contributed by atoms with Crippen molar-refractivity contribution in [3.63, 3.8) is 0 Å². The van der Waals surface area contributed by atoms with Crippen LogP contribution in [-0.2, 0) is 16.5 Å². The standard InChI is InChI=1S/C12H12BrNO2/c1-3-8-4-10(7-14)11(12(15)16-2)5-9(8)6-13/h4-5H,3,6H2,1-2H3. The van der Waals surface area contributed by atoms with Crippen LogP contribution in [0.4, 0.5) is 0 Å². The molecule has 0 aliphatic heterocycles. The van der Waals surface area contributed by atoms with E-state index in [9.17, 15) is 4.79 Å². The lowest BCUT2D eigenvalue weighted by molar-refractivity contribution is 0.0600. The van der Waals surface area contributed by atoms with Gasteiger partial charge in [0.05, 0.1) is 18.2 Å². The SMILES string of the molecule is CCc1cc(C#N)c(C(=O)OC)cc1CBr. The van der Waals surface area contributed by atoms with Gasteiger partial charge in [0.15, 0.2) is 0 Å². The zero-order valence-corrected chi connectivity index (χ0v) is 10.8. The summed E-state index contributed by atoms with van der Waals surface area (Å²) >= 11 is 3.37.